The summed E-state index contributed by atoms with van der Waals surface area (Å²) in [5, 5.41) is 58.8. The van der Waals surface area contributed by atoms with Gasteiger partial charge in [0.1, 0.15) is 48.5 Å². The average Bonchev–Trinajstić information content (AvgIpc) is 3.34. The van der Waals surface area contributed by atoms with Crippen LogP contribution >= 0.6 is 0 Å². The van der Waals surface area contributed by atoms with Gasteiger partial charge in [0.2, 0.25) is 53.2 Å². The van der Waals surface area contributed by atoms with Crippen molar-refractivity contribution in [3.05, 3.63) is 35.9 Å². The lowest BCUT2D eigenvalue weighted by molar-refractivity contribution is -0.136. The molecule has 27 heteroatoms. The first-order chi connectivity index (χ1) is 35.1. The van der Waals surface area contributed by atoms with Crippen LogP contribution in [0, 0.1) is 5.92 Å². The number of aliphatic hydroxyl groups excluding tert-OH is 3. The van der Waals surface area contributed by atoms with Crippen LogP contribution in [0.1, 0.15) is 84.6 Å². The highest BCUT2D eigenvalue weighted by atomic mass is 16.3. The zero-order valence-corrected chi connectivity index (χ0v) is 42.9. The number of nitrogens with two attached hydrogens (primary N) is 5. The number of carbonyl (C=O) groups is 9. The Hall–Kier alpha value is -5.91. The van der Waals surface area contributed by atoms with Crippen LogP contribution in [0.3, 0.4) is 0 Å². The standard InChI is InChI=1S/C47H83N15O12/c1-25(2)23-34-44(71)56-29(12-18-49)39(66)55-32(15-21-52)43(70)62-37(26(3)63)46(73)53-22-16-33(57-40(67)31(14-20-51)58-47(74)38(27(4)64)61-36(65)11-8-17-48)42(69)54-30(13-19-50)41(68)60-35(45(72)59-34)24-28-9-6-5-7-10-28/h5-7,9-10,25-27,29-35,37-38,45,59,63-64,72H,8,11-24,48-52H2,1-4H3,(H,53,73)(H,54,69)(H,55,66)(H,56,71)(H,57,67)(H,58,74)(H,60,68)(H,61,65)(H,62,70)/t26?,27?,29-,30-,31-,32-,33-,34-,35+,37-,38-,45?/m0/s1. The Balaban J connectivity index is 2.73. The summed E-state index contributed by atoms with van der Waals surface area (Å²) in [6.45, 7) is 5.34. The monoisotopic (exact) mass is 1050 g/mol. The van der Waals surface area contributed by atoms with Crippen molar-refractivity contribution in [1.29, 1.82) is 0 Å². The van der Waals surface area contributed by atoms with Gasteiger partial charge in [0.05, 0.1) is 24.3 Å². The van der Waals surface area contributed by atoms with Crippen molar-refractivity contribution in [2.75, 3.05) is 39.3 Å². The second-order valence-corrected chi connectivity index (χ2v) is 18.7. The van der Waals surface area contributed by atoms with Crippen molar-refractivity contribution in [3.8, 4) is 0 Å². The third-order valence-corrected chi connectivity index (χ3v) is 11.9. The molecule has 23 N–H and O–H groups in total. The molecule has 0 bridgehead atoms. The summed E-state index contributed by atoms with van der Waals surface area (Å²) in [6, 6.07) is -3.98. The molecule has 1 aromatic rings. The molecule has 0 spiro atoms. The van der Waals surface area contributed by atoms with Gasteiger partial charge in [-0.05, 0) is 109 Å². The average molecular weight is 1050 g/mol. The summed E-state index contributed by atoms with van der Waals surface area (Å²) >= 11 is 0. The van der Waals surface area contributed by atoms with Crippen LogP contribution < -0.4 is 81.8 Å². The van der Waals surface area contributed by atoms with E-state index in [-0.39, 0.29) is 83.6 Å². The fourth-order valence-electron chi connectivity index (χ4n) is 7.82. The van der Waals surface area contributed by atoms with E-state index in [1.165, 1.54) is 13.8 Å². The van der Waals surface area contributed by atoms with E-state index < -0.39 is 139 Å². The van der Waals surface area contributed by atoms with Crippen molar-refractivity contribution in [1.82, 2.24) is 53.2 Å². The minimum Gasteiger partial charge on any atom is -0.391 e. The van der Waals surface area contributed by atoms with Crippen molar-refractivity contribution in [3.63, 3.8) is 0 Å². The highest BCUT2D eigenvalue weighted by Gasteiger charge is 2.37. The predicted octanol–water partition coefficient (Wildman–Crippen LogP) is -7.15. The zero-order chi connectivity index (χ0) is 55.5. The van der Waals surface area contributed by atoms with Crippen LogP contribution in [0.4, 0.5) is 0 Å². The molecule has 0 aromatic heterocycles. The predicted molar refractivity (Wildman–Crippen MR) is 272 cm³/mol. The third-order valence-electron chi connectivity index (χ3n) is 11.9. The summed E-state index contributed by atoms with van der Waals surface area (Å²) in [7, 11) is 0. The normalized spacial score (nSPS) is 24.8. The molecule has 418 valence electrons. The molecule has 2 rings (SSSR count). The molecule has 1 fully saturated rings. The van der Waals surface area contributed by atoms with Gasteiger partial charge in [0.25, 0.3) is 0 Å². The molecule has 0 saturated carbocycles. The maximum Gasteiger partial charge on any atom is 0.245 e. The Morgan fingerprint density at radius 3 is 1.72 bits per heavy atom. The van der Waals surface area contributed by atoms with Crippen molar-refractivity contribution >= 4 is 53.2 Å². The van der Waals surface area contributed by atoms with E-state index in [1.807, 2.05) is 13.8 Å². The van der Waals surface area contributed by atoms with E-state index in [4.69, 9.17) is 28.7 Å². The van der Waals surface area contributed by atoms with Crippen LogP contribution in [0.25, 0.3) is 0 Å². The van der Waals surface area contributed by atoms with Crippen LogP contribution in [-0.2, 0) is 49.6 Å². The van der Waals surface area contributed by atoms with E-state index in [1.54, 1.807) is 30.3 Å². The number of aliphatic hydroxyl groups is 3. The van der Waals surface area contributed by atoms with E-state index in [9.17, 15) is 58.5 Å². The highest BCUT2D eigenvalue weighted by Crippen LogP contribution is 2.12. The molecule has 1 aromatic carbocycles. The van der Waals surface area contributed by atoms with E-state index >= 15 is 0 Å². The maximum atomic E-state index is 14.4. The molecule has 1 saturated heterocycles. The fourth-order valence-corrected chi connectivity index (χ4v) is 7.82. The zero-order valence-electron chi connectivity index (χ0n) is 42.9. The molecular weight excluding hydrogens is 967 g/mol. The maximum absolute atomic E-state index is 14.4. The van der Waals surface area contributed by atoms with Crippen LogP contribution in [0.15, 0.2) is 30.3 Å². The molecule has 1 heterocycles. The van der Waals surface area contributed by atoms with Crippen molar-refractivity contribution in [2.45, 2.75) is 158 Å². The van der Waals surface area contributed by atoms with E-state index in [0.29, 0.717) is 12.0 Å². The van der Waals surface area contributed by atoms with Gasteiger partial charge in [-0.15, -0.1) is 0 Å². The first-order valence-electron chi connectivity index (χ1n) is 25.1. The largest absolute Gasteiger partial charge is 0.391 e. The summed E-state index contributed by atoms with van der Waals surface area (Å²) in [6.07, 6.45) is -5.29. The van der Waals surface area contributed by atoms with Gasteiger partial charge < -0.3 is 91.8 Å². The van der Waals surface area contributed by atoms with Gasteiger partial charge in [-0.1, -0.05) is 44.2 Å². The Morgan fingerprint density at radius 2 is 1.20 bits per heavy atom. The number of rotatable bonds is 22. The molecule has 12 atom stereocenters. The molecule has 0 aliphatic carbocycles. The molecule has 27 nitrogen and oxygen atoms in total. The van der Waals surface area contributed by atoms with Crippen molar-refractivity contribution in [2.24, 2.45) is 34.6 Å². The van der Waals surface area contributed by atoms with Crippen molar-refractivity contribution < 1.29 is 58.5 Å². The SMILES string of the molecule is CC(C)C[C@@H]1NC(O)[C@@H](Cc2ccccc2)NC(=O)[C@H](CCN)NC(=O)[C@@H](NC(=O)[C@H](CCN)NC(=O)[C@@H](NC(=O)CCCN)C(C)O)CCNC(=O)[C@H](C(C)O)NC(=O)[C@H](CCN)NC(=O)[C@H](CCN)NC1=O. The molecule has 9 amide bonds. The van der Waals surface area contributed by atoms with Gasteiger partial charge in [-0.3, -0.25) is 48.5 Å². The lowest BCUT2D eigenvalue weighted by Gasteiger charge is -2.32. The minimum absolute atomic E-state index is 0.00373. The molecular formula is C47H83N15O12. The van der Waals surface area contributed by atoms with Gasteiger partial charge in [0.15, 0.2) is 0 Å². The highest BCUT2D eigenvalue weighted by molar-refractivity contribution is 5.97. The summed E-state index contributed by atoms with van der Waals surface area (Å²) in [5.41, 5.74) is 29.6. The number of nitrogens with one attached hydrogen (secondary N) is 10. The second kappa shape index (κ2) is 33.8. The number of carbonyl (C=O) groups excluding carboxylic acids is 9. The number of benzene rings is 1. The van der Waals surface area contributed by atoms with Gasteiger partial charge >= 0.3 is 0 Å². The summed E-state index contributed by atoms with van der Waals surface area (Å²) in [5.74, 6) is -7.95. The number of hydrogen-bond acceptors (Lipinski definition) is 18. The third kappa shape index (κ3) is 22.3. The fraction of sp³-hybridized carbons (Fsp3) is 0.681. The summed E-state index contributed by atoms with van der Waals surface area (Å²) in [4.78, 5) is 124. The summed E-state index contributed by atoms with van der Waals surface area (Å²) < 4.78 is 0. The first-order valence-corrected chi connectivity index (χ1v) is 25.1. The topological polar surface area (TPSA) is 465 Å². The van der Waals surface area contributed by atoms with Gasteiger partial charge in [-0.2, -0.15) is 0 Å². The molecule has 74 heavy (non-hydrogen) atoms. The van der Waals surface area contributed by atoms with E-state index in [0.717, 1.165) is 0 Å². The molecule has 3 unspecified atom stereocenters. The van der Waals surface area contributed by atoms with Crippen LogP contribution in [0.2, 0.25) is 0 Å². The molecule has 0 radical (unpaired) electrons. The Labute approximate surface area is 431 Å². The Kier molecular flexibility index (Phi) is 29.3. The van der Waals surface area contributed by atoms with Gasteiger partial charge in [0, 0.05) is 13.0 Å². The number of amides is 9. The molecule has 1 aliphatic rings. The van der Waals surface area contributed by atoms with Crippen LogP contribution in [-0.4, -0.2) is 181 Å². The lowest BCUT2D eigenvalue weighted by Crippen LogP contribution is -2.62. The Morgan fingerprint density at radius 1 is 0.662 bits per heavy atom. The smallest absolute Gasteiger partial charge is 0.245 e. The first kappa shape index (κ1) is 64.2. The number of hydrogen-bond donors (Lipinski definition) is 18. The quantitative estimate of drug-likeness (QED) is 0.0513. The van der Waals surface area contributed by atoms with Gasteiger partial charge in [-0.25, -0.2) is 0 Å². The minimum atomic E-state index is -1.65. The Bertz CT molecular complexity index is 1970. The lowest BCUT2D eigenvalue weighted by atomic mass is 9.99. The van der Waals surface area contributed by atoms with E-state index in [2.05, 4.69) is 53.2 Å². The second-order valence-electron chi connectivity index (χ2n) is 18.7. The van der Waals surface area contributed by atoms with Crippen LogP contribution in [0.5, 0.6) is 0 Å². The molecule has 1 aliphatic heterocycles.